The number of amides is 1. The largest absolute Gasteiger partial charge is 0.384 e. The van der Waals surface area contributed by atoms with E-state index >= 15 is 0 Å². The number of unbranched alkanes of at least 4 members (excludes halogenated alkanes) is 3. The Kier molecular flexibility index (Phi) is 14.6. The van der Waals surface area contributed by atoms with E-state index in [1.165, 1.54) is 0 Å². The predicted octanol–water partition coefficient (Wildman–Crippen LogP) is 3.82. The molecule has 0 fully saturated rings. The van der Waals surface area contributed by atoms with Gasteiger partial charge < -0.3 is 35.7 Å². The van der Waals surface area contributed by atoms with Crippen molar-refractivity contribution in [3.05, 3.63) is 40.7 Å². The van der Waals surface area contributed by atoms with E-state index in [4.69, 9.17) is 35.5 Å². The highest BCUT2D eigenvalue weighted by atomic mass is 16.6. The zero-order chi connectivity index (χ0) is 31.1. The molecule has 0 aliphatic heterocycles. The van der Waals surface area contributed by atoms with Crippen LogP contribution in [-0.4, -0.2) is 87.4 Å². The number of rotatable bonds is 22. The Bertz CT molecular complexity index is 1170. The Hall–Kier alpha value is -2.83. The number of carbonyl (C=O) groups is 2. The maximum Gasteiger partial charge on any atom is 0.250 e. The van der Waals surface area contributed by atoms with Gasteiger partial charge in [-0.05, 0) is 62.8 Å². The lowest BCUT2D eigenvalue weighted by Crippen LogP contribution is -2.28. The zero-order valence-corrected chi connectivity index (χ0v) is 26.3. The molecule has 11 nitrogen and oxygen atoms in total. The molecule has 5 N–H and O–H groups in total. The summed E-state index contributed by atoms with van der Waals surface area (Å²) in [6.07, 6.45) is 6.16. The third-order valence-corrected chi connectivity index (χ3v) is 7.37. The van der Waals surface area contributed by atoms with Crippen LogP contribution < -0.4 is 16.8 Å². The van der Waals surface area contributed by atoms with Gasteiger partial charge >= 0.3 is 0 Å². The maximum atomic E-state index is 12.8. The molecule has 240 valence electrons. The van der Waals surface area contributed by atoms with Crippen molar-refractivity contribution in [3.63, 3.8) is 0 Å². The minimum atomic E-state index is -0.485. The van der Waals surface area contributed by atoms with Crippen molar-refractivity contribution in [2.24, 2.45) is 16.9 Å². The van der Waals surface area contributed by atoms with E-state index in [2.05, 4.69) is 19.2 Å². The van der Waals surface area contributed by atoms with Gasteiger partial charge in [0.15, 0.2) is 5.78 Å². The first-order valence-electron chi connectivity index (χ1n) is 15.5. The van der Waals surface area contributed by atoms with Crippen LogP contribution >= 0.6 is 0 Å². The summed E-state index contributed by atoms with van der Waals surface area (Å²) in [6.45, 7) is 12.2. The zero-order valence-electron chi connectivity index (χ0n) is 26.3. The van der Waals surface area contributed by atoms with Crippen molar-refractivity contribution < 1.29 is 28.5 Å². The van der Waals surface area contributed by atoms with Crippen molar-refractivity contribution >= 4 is 17.4 Å². The van der Waals surface area contributed by atoms with Crippen LogP contribution in [-0.2, 0) is 25.4 Å². The summed E-state index contributed by atoms with van der Waals surface area (Å²) in [4.78, 5) is 24.9. The number of carbonyl (C=O) groups excluding carboxylic acids is 2. The Balaban J connectivity index is 1.32. The fourth-order valence-corrected chi connectivity index (χ4v) is 5.23. The Morgan fingerprint density at radius 1 is 0.907 bits per heavy atom. The lowest BCUT2D eigenvalue weighted by molar-refractivity contribution is -0.00219. The summed E-state index contributed by atoms with van der Waals surface area (Å²) in [7, 11) is 0. The first-order valence-corrected chi connectivity index (χ1v) is 15.5. The highest BCUT2D eigenvalue weighted by Crippen LogP contribution is 2.37. The van der Waals surface area contributed by atoms with Crippen LogP contribution in [0.4, 0.5) is 5.69 Å². The van der Waals surface area contributed by atoms with Crippen molar-refractivity contribution in [2.45, 2.75) is 65.7 Å². The van der Waals surface area contributed by atoms with E-state index in [1.54, 1.807) is 6.07 Å². The number of anilines is 1. The quantitative estimate of drug-likeness (QED) is 0.171. The number of primary amides is 1. The van der Waals surface area contributed by atoms with Crippen LogP contribution in [0.5, 0.6) is 0 Å². The molecular weight excluding hydrogens is 550 g/mol. The second-order valence-electron chi connectivity index (χ2n) is 11.8. The molecule has 0 unspecified atom stereocenters. The van der Waals surface area contributed by atoms with Crippen molar-refractivity contribution in [2.75, 3.05) is 71.3 Å². The smallest absolute Gasteiger partial charge is 0.250 e. The first-order chi connectivity index (χ1) is 20.7. The molecule has 0 bridgehead atoms. The van der Waals surface area contributed by atoms with Gasteiger partial charge in [-0.1, -0.05) is 26.7 Å². The molecule has 1 amide bonds. The van der Waals surface area contributed by atoms with E-state index in [9.17, 15) is 9.59 Å². The number of ether oxygens (including phenoxy) is 4. The summed E-state index contributed by atoms with van der Waals surface area (Å²) in [5, 5.41) is 8.09. The molecule has 2 aromatic rings. The average molecular weight is 602 g/mol. The minimum Gasteiger partial charge on any atom is -0.384 e. The number of benzene rings is 1. The normalized spacial score (nSPS) is 14.2. The number of ketones is 1. The SMILES string of the molecule is Cc1nn(-c2ccc(C(N)=O)c(NCCCCCCOCCOCCOCCOCCCN)c2)c2c1C(=O)CC(C)(C)C2. The second kappa shape index (κ2) is 18.1. The van der Waals surface area contributed by atoms with Crippen molar-refractivity contribution in [1.29, 1.82) is 0 Å². The number of nitrogens with two attached hydrogens (primary N) is 2. The summed E-state index contributed by atoms with van der Waals surface area (Å²) in [6, 6.07) is 5.47. The molecule has 3 rings (SSSR count). The number of nitrogens with zero attached hydrogens (tertiary/aromatic N) is 2. The Morgan fingerprint density at radius 3 is 2.14 bits per heavy atom. The van der Waals surface area contributed by atoms with Crippen LogP contribution in [0.25, 0.3) is 5.69 Å². The first kappa shape index (κ1) is 34.7. The number of nitrogens with one attached hydrogen (secondary N) is 1. The molecule has 0 radical (unpaired) electrons. The van der Waals surface area contributed by atoms with E-state index in [-0.39, 0.29) is 11.2 Å². The molecule has 0 saturated heterocycles. The molecule has 0 saturated carbocycles. The molecule has 1 aromatic heterocycles. The molecular formula is C32H51N5O6. The molecule has 0 spiro atoms. The van der Waals surface area contributed by atoms with E-state index < -0.39 is 5.91 Å². The van der Waals surface area contributed by atoms with Gasteiger partial charge in [0.1, 0.15) is 0 Å². The van der Waals surface area contributed by atoms with Gasteiger partial charge in [0, 0.05) is 31.9 Å². The summed E-state index contributed by atoms with van der Waals surface area (Å²) in [5.74, 6) is -0.347. The second-order valence-corrected chi connectivity index (χ2v) is 11.8. The fraction of sp³-hybridized carbons (Fsp3) is 0.656. The molecule has 1 aromatic carbocycles. The predicted molar refractivity (Wildman–Crippen MR) is 167 cm³/mol. The van der Waals surface area contributed by atoms with E-state index in [0.717, 1.165) is 61.2 Å². The number of aryl methyl sites for hydroxylation is 1. The van der Waals surface area contributed by atoms with Gasteiger partial charge in [0.25, 0.3) is 5.91 Å². The molecule has 1 heterocycles. The third-order valence-electron chi connectivity index (χ3n) is 7.37. The number of hydrogen-bond acceptors (Lipinski definition) is 9. The summed E-state index contributed by atoms with van der Waals surface area (Å²) in [5.41, 5.74) is 15.3. The van der Waals surface area contributed by atoms with Gasteiger partial charge in [-0.3, -0.25) is 9.59 Å². The van der Waals surface area contributed by atoms with Crippen molar-refractivity contribution in [1.82, 2.24) is 9.78 Å². The van der Waals surface area contributed by atoms with Gasteiger partial charge in [0.05, 0.1) is 67.8 Å². The fourth-order valence-electron chi connectivity index (χ4n) is 5.23. The van der Waals surface area contributed by atoms with Crippen LogP contribution in [0.15, 0.2) is 18.2 Å². The highest BCUT2D eigenvalue weighted by Gasteiger charge is 2.35. The number of Topliss-reactive ketones (excluding diaryl/α,β-unsaturated/α-hetero) is 1. The minimum absolute atomic E-state index is 0.128. The lowest BCUT2D eigenvalue weighted by Gasteiger charge is -2.29. The average Bonchev–Trinajstić information content (AvgIpc) is 3.29. The molecule has 1 aliphatic carbocycles. The standard InChI is InChI=1S/C32H51N5O6/c1-24-30-28(22-32(2,3)23-29(30)38)37(36-24)25-9-10-26(31(34)39)27(21-25)35-12-6-4-5-7-13-40-15-17-42-19-20-43-18-16-41-14-8-11-33/h9-10,21,35H,4-8,11-20,22-23,33H2,1-3H3,(H2,34,39). The van der Waals surface area contributed by atoms with Gasteiger partial charge in [-0.15, -0.1) is 0 Å². The molecule has 1 aliphatic rings. The van der Waals surface area contributed by atoms with Gasteiger partial charge in [0.2, 0.25) is 0 Å². The topological polar surface area (TPSA) is 153 Å². The molecule has 0 atom stereocenters. The third kappa shape index (κ3) is 11.3. The van der Waals surface area contributed by atoms with Gasteiger partial charge in [-0.25, -0.2) is 4.68 Å². The highest BCUT2D eigenvalue weighted by molar-refractivity contribution is 6.00. The van der Waals surface area contributed by atoms with Crippen LogP contribution in [0.1, 0.15) is 84.5 Å². The maximum absolute atomic E-state index is 12.8. The summed E-state index contributed by atoms with van der Waals surface area (Å²) < 4.78 is 23.8. The number of hydrogen-bond donors (Lipinski definition) is 3. The van der Waals surface area contributed by atoms with Crippen LogP contribution in [0.3, 0.4) is 0 Å². The summed E-state index contributed by atoms with van der Waals surface area (Å²) >= 11 is 0. The number of fused-ring (bicyclic) bond motifs is 1. The lowest BCUT2D eigenvalue weighted by atomic mass is 9.75. The van der Waals surface area contributed by atoms with E-state index in [1.807, 2.05) is 23.7 Å². The Morgan fingerprint density at radius 2 is 1.51 bits per heavy atom. The molecule has 11 heteroatoms. The van der Waals surface area contributed by atoms with E-state index in [0.29, 0.717) is 83.6 Å². The van der Waals surface area contributed by atoms with Crippen molar-refractivity contribution in [3.8, 4) is 5.69 Å². The number of aromatic nitrogens is 2. The van der Waals surface area contributed by atoms with Crippen LogP contribution in [0, 0.1) is 12.3 Å². The van der Waals surface area contributed by atoms with Crippen LogP contribution in [0.2, 0.25) is 0 Å². The molecule has 43 heavy (non-hydrogen) atoms. The Labute approximate surface area is 255 Å². The van der Waals surface area contributed by atoms with Gasteiger partial charge in [-0.2, -0.15) is 5.10 Å². The monoisotopic (exact) mass is 601 g/mol.